The van der Waals surface area contributed by atoms with Crippen molar-refractivity contribution in [2.24, 2.45) is 0 Å². The van der Waals surface area contributed by atoms with Crippen LogP contribution in [-0.4, -0.2) is 11.6 Å². The van der Waals surface area contributed by atoms with Crippen molar-refractivity contribution in [2.45, 2.75) is 37.8 Å². The highest BCUT2D eigenvalue weighted by molar-refractivity contribution is 5.07. The molecule has 3 rings (SSSR count). The van der Waals surface area contributed by atoms with Crippen LogP contribution < -0.4 is 5.32 Å². The Labute approximate surface area is 44.1 Å². The van der Waals surface area contributed by atoms with Gasteiger partial charge < -0.3 is 5.32 Å². The van der Waals surface area contributed by atoms with Crippen LogP contribution >= 0.6 is 0 Å². The van der Waals surface area contributed by atoms with Gasteiger partial charge in [0.25, 0.3) is 0 Å². The van der Waals surface area contributed by atoms with E-state index in [9.17, 15) is 0 Å². The number of hydrogen-bond donors (Lipinski definition) is 1. The lowest BCUT2D eigenvalue weighted by Crippen LogP contribution is -2.53. The standard InChI is InChI=1S/C6H11N/c1-6-3-2-5(4-6)7-6/h5,7H,2-4H2,1H3. The Kier molecular flexibility index (Phi) is 0.487. The molecule has 1 nitrogen and oxygen atoms in total. The fourth-order valence-electron chi connectivity index (χ4n) is 1.86. The van der Waals surface area contributed by atoms with E-state index in [0.29, 0.717) is 5.54 Å². The van der Waals surface area contributed by atoms with E-state index in [1.807, 2.05) is 0 Å². The first kappa shape index (κ1) is 3.90. The highest BCUT2D eigenvalue weighted by Gasteiger charge is 2.45. The molecular weight excluding hydrogens is 86.1 g/mol. The third-order valence-corrected chi connectivity index (χ3v) is 2.29. The van der Waals surface area contributed by atoms with Crippen molar-refractivity contribution < 1.29 is 0 Å². The highest BCUT2D eigenvalue weighted by atomic mass is 15.1. The second kappa shape index (κ2) is 0.873. The van der Waals surface area contributed by atoms with E-state index in [1.54, 1.807) is 0 Å². The lowest BCUT2D eigenvalue weighted by atomic mass is 9.93. The van der Waals surface area contributed by atoms with Gasteiger partial charge >= 0.3 is 0 Å². The maximum absolute atomic E-state index is 3.49. The van der Waals surface area contributed by atoms with Gasteiger partial charge in [-0.15, -0.1) is 0 Å². The van der Waals surface area contributed by atoms with Gasteiger partial charge in [-0.05, 0) is 26.2 Å². The summed E-state index contributed by atoms with van der Waals surface area (Å²) >= 11 is 0. The molecule has 2 heterocycles. The molecule has 2 saturated heterocycles. The van der Waals surface area contributed by atoms with Crippen molar-refractivity contribution in [3.63, 3.8) is 0 Å². The maximum atomic E-state index is 3.49. The van der Waals surface area contributed by atoms with Gasteiger partial charge in [-0.1, -0.05) is 0 Å². The van der Waals surface area contributed by atoms with E-state index >= 15 is 0 Å². The Morgan fingerprint density at radius 3 is 2.57 bits per heavy atom. The van der Waals surface area contributed by atoms with Crippen LogP contribution in [0.4, 0.5) is 0 Å². The van der Waals surface area contributed by atoms with Crippen LogP contribution in [0.2, 0.25) is 0 Å². The van der Waals surface area contributed by atoms with Crippen molar-refractivity contribution in [1.29, 1.82) is 0 Å². The summed E-state index contributed by atoms with van der Waals surface area (Å²) in [6, 6.07) is 0.907. The minimum atomic E-state index is 0.588. The smallest absolute Gasteiger partial charge is 0.0171 e. The zero-order chi connectivity index (χ0) is 4.91. The van der Waals surface area contributed by atoms with Gasteiger partial charge in [-0.2, -0.15) is 0 Å². The largest absolute Gasteiger partial charge is 0.309 e. The molecule has 2 aliphatic heterocycles. The summed E-state index contributed by atoms with van der Waals surface area (Å²) in [7, 11) is 0. The van der Waals surface area contributed by atoms with Crippen molar-refractivity contribution in [1.82, 2.24) is 5.32 Å². The van der Waals surface area contributed by atoms with E-state index in [1.165, 1.54) is 19.3 Å². The number of nitrogens with one attached hydrogen (secondary N) is 1. The second-order valence-corrected chi connectivity index (χ2v) is 3.14. The molecule has 7 heavy (non-hydrogen) atoms. The van der Waals surface area contributed by atoms with Crippen molar-refractivity contribution in [3.05, 3.63) is 0 Å². The zero-order valence-electron chi connectivity index (χ0n) is 4.70. The number of fused-ring (bicyclic) bond motifs is 1. The Hall–Kier alpha value is -0.0400. The first-order valence-corrected chi connectivity index (χ1v) is 3.06. The molecule has 2 unspecified atom stereocenters. The van der Waals surface area contributed by atoms with E-state index in [-0.39, 0.29) is 0 Å². The lowest BCUT2D eigenvalue weighted by molar-refractivity contribution is 0.247. The second-order valence-electron chi connectivity index (χ2n) is 3.14. The first-order valence-electron chi connectivity index (χ1n) is 3.06. The maximum Gasteiger partial charge on any atom is 0.0171 e. The van der Waals surface area contributed by atoms with Gasteiger partial charge in [0.1, 0.15) is 0 Å². The Morgan fingerprint density at radius 1 is 1.71 bits per heavy atom. The van der Waals surface area contributed by atoms with Crippen LogP contribution in [0, 0.1) is 0 Å². The summed E-state index contributed by atoms with van der Waals surface area (Å²) in [5.41, 5.74) is 0.588. The summed E-state index contributed by atoms with van der Waals surface area (Å²) in [4.78, 5) is 0. The fourth-order valence-corrected chi connectivity index (χ4v) is 1.86. The minimum absolute atomic E-state index is 0.588. The number of rotatable bonds is 0. The molecule has 1 N–H and O–H groups in total. The molecule has 2 atom stereocenters. The predicted octanol–water partition coefficient (Wildman–Crippen LogP) is 0.901. The van der Waals surface area contributed by atoms with Gasteiger partial charge in [0.15, 0.2) is 0 Å². The average molecular weight is 97.2 g/mol. The zero-order valence-corrected chi connectivity index (χ0v) is 4.70. The van der Waals surface area contributed by atoms with Crippen molar-refractivity contribution in [3.8, 4) is 0 Å². The quantitative estimate of drug-likeness (QED) is 0.473. The normalized spacial score (nSPS) is 57.0. The molecule has 0 aromatic rings. The molecule has 1 saturated carbocycles. The lowest BCUT2D eigenvalue weighted by Gasteiger charge is -2.36. The summed E-state index contributed by atoms with van der Waals surface area (Å²) in [5.74, 6) is 0. The van der Waals surface area contributed by atoms with Crippen LogP contribution in [0.3, 0.4) is 0 Å². The molecule has 0 amide bonds. The van der Waals surface area contributed by atoms with Crippen LogP contribution in [0.25, 0.3) is 0 Å². The van der Waals surface area contributed by atoms with Gasteiger partial charge in [0.2, 0.25) is 0 Å². The molecule has 0 radical (unpaired) electrons. The van der Waals surface area contributed by atoms with Crippen LogP contribution in [-0.2, 0) is 0 Å². The molecule has 1 heteroatoms. The monoisotopic (exact) mass is 97.1 g/mol. The average Bonchev–Trinajstić information content (AvgIpc) is 1.88. The molecule has 3 aliphatic rings. The predicted molar refractivity (Wildman–Crippen MR) is 29.2 cm³/mol. The fraction of sp³-hybridized carbons (Fsp3) is 1.00. The molecule has 0 aromatic carbocycles. The summed E-state index contributed by atoms with van der Waals surface area (Å²) in [6.45, 7) is 2.32. The van der Waals surface area contributed by atoms with Crippen LogP contribution in [0.15, 0.2) is 0 Å². The molecule has 40 valence electrons. The van der Waals surface area contributed by atoms with E-state index < -0.39 is 0 Å². The Morgan fingerprint density at radius 2 is 2.43 bits per heavy atom. The summed E-state index contributed by atoms with van der Waals surface area (Å²) in [6.07, 6.45) is 4.28. The SMILES string of the molecule is CC12CCC(C1)N2. The van der Waals surface area contributed by atoms with Crippen molar-refractivity contribution >= 4 is 0 Å². The van der Waals surface area contributed by atoms with Crippen LogP contribution in [0.5, 0.6) is 0 Å². The van der Waals surface area contributed by atoms with Gasteiger partial charge in [-0.25, -0.2) is 0 Å². The minimum Gasteiger partial charge on any atom is -0.309 e. The third kappa shape index (κ3) is 0.367. The summed E-state index contributed by atoms with van der Waals surface area (Å²) < 4.78 is 0. The first-order chi connectivity index (χ1) is 3.29. The Balaban J connectivity index is 2.20. The molecule has 3 fully saturated rings. The molecular formula is C6H11N. The highest BCUT2D eigenvalue weighted by Crippen LogP contribution is 2.39. The number of hydrogen-bond acceptors (Lipinski definition) is 1. The Bertz CT molecular complexity index is 86.8. The van der Waals surface area contributed by atoms with Gasteiger partial charge in [-0.3, -0.25) is 0 Å². The molecule has 2 bridgehead atoms. The molecule has 0 aromatic heterocycles. The van der Waals surface area contributed by atoms with E-state index in [4.69, 9.17) is 0 Å². The van der Waals surface area contributed by atoms with Gasteiger partial charge in [0, 0.05) is 11.6 Å². The van der Waals surface area contributed by atoms with E-state index in [0.717, 1.165) is 6.04 Å². The molecule has 1 aliphatic carbocycles. The summed E-state index contributed by atoms with van der Waals surface area (Å²) in [5, 5.41) is 3.49. The van der Waals surface area contributed by atoms with Crippen LogP contribution in [0.1, 0.15) is 26.2 Å². The van der Waals surface area contributed by atoms with E-state index in [2.05, 4.69) is 12.2 Å². The van der Waals surface area contributed by atoms with Gasteiger partial charge in [0.05, 0.1) is 0 Å². The van der Waals surface area contributed by atoms with Crippen molar-refractivity contribution in [2.75, 3.05) is 0 Å². The topological polar surface area (TPSA) is 12.0 Å². The molecule has 0 spiro atoms. The third-order valence-electron chi connectivity index (χ3n) is 2.29.